The Kier molecular flexibility index (Phi) is 5.85. The molecule has 1 aliphatic rings. The standard InChI is InChI=1S/C19H22N4O4/c1-2-6-21-17(24)15-13-14(5-7-20-15)18(25)22-8-10-23(11-9-22)19(26)16-4-3-12-27-16/h3-5,7,12-13H,2,6,8-11H2,1H3,(H,21,24). The summed E-state index contributed by atoms with van der Waals surface area (Å²) in [5, 5.41) is 2.75. The number of hydrogen-bond acceptors (Lipinski definition) is 5. The molecule has 3 rings (SSSR count). The van der Waals surface area contributed by atoms with Gasteiger partial charge in [0.05, 0.1) is 6.26 Å². The van der Waals surface area contributed by atoms with Crippen LogP contribution in [0.5, 0.6) is 0 Å². The number of hydrogen-bond donors (Lipinski definition) is 1. The molecular formula is C19H22N4O4. The maximum absolute atomic E-state index is 12.7. The third kappa shape index (κ3) is 4.33. The van der Waals surface area contributed by atoms with E-state index >= 15 is 0 Å². The van der Waals surface area contributed by atoms with Crippen LogP contribution in [0.1, 0.15) is 44.7 Å². The van der Waals surface area contributed by atoms with Crippen LogP contribution in [0.3, 0.4) is 0 Å². The number of furan rings is 1. The predicted molar refractivity (Wildman–Crippen MR) is 97.4 cm³/mol. The lowest BCUT2D eigenvalue weighted by Gasteiger charge is -2.34. The maximum atomic E-state index is 12.7. The van der Waals surface area contributed by atoms with Gasteiger partial charge in [-0.25, -0.2) is 0 Å². The molecule has 27 heavy (non-hydrogen) atoms. The number of amides is 3. The lowest BCUT2D eigenvalue weighted by atomic mass is 10.1. The number of rotatable bonds is 5. The zero-order valence-electron chi connectivity index (χ0n) is 15.2. The molecule has 2 aromatic heterocycles. The van der Waals surface area contributed by atoms with Crippen molar-refractivity contribution < 1.29 is 18.8 Å². The van der Waals surface area contributed by atoms with Gasteiger partial charge in [0, 0.05) is 44.5 Å². The van der Waals surface area contributed by atoms with Gasteiger partial charge in [0.25, 0.3) is 17.7 Å². The molecule has 2 aromatic rings. The summed E-state index contributed by atoms with van der Waals surface area (Å²) < 4.78 is 5.14. The molecule has 142 valence electrons. The summed E-state index contributed by atoms with van der Waals surface area (Å²) in [6.45, 7) is 4.23. The van der Waals surface area contributed by atoms with E-state index in [4.69, 9.17) is 4.42 Å². The fourth-order valence-electron chi connectivity index (χ4n) is 2.87. The summed E-state index contributed by atoms with van der Waals surface area (Å²) >= 11 is 0. The summed E-state index contributed by atoms with van der Waals surface area (Å²) in [5.41, 5.74) is 0.637. The second kappa shape index (κ2) is 8.48. The zero-order valence-corrected chi connectivity index (χ0v) is 15.2. The van der Waals surface area contributed by atoms with Gasteiger partial charge in [0.2, 0.25) is 0 Å². The Morgan fingerprint density at radius 1 is 1.11 bits per heavy atom. The highest BCUT2D eigenvalue weighted by molar-refractivity contribution is 5.98. The van der Waals surface area contributed by atoms with Crippen molar-refractivity contribution >= 4 is 17.7 Å². The monoisotopic (exact) mass is 370 g/mol. The lowest BCUT2D eigenvalue weighted by Crippen LogP contribution is -2.50. The zero-order chi connectivity index (χ0) is 19.2. The largest absolute Gasteiger partial charge is 0.459 e. The minimum Gasteiger partial charge on any atom is -0.459 e. The molecule has 0 bridgehead atoms. The van der Waals surface area contributed by atoms with Gasteiger partial charge >= 0.3 is 0 Å². The van der Waals surface area contributed by atoms with Crippen molar-refractivity contribution in [2.24, 2.45) is 0 Å². The predicted octanol–water partition coefficient (Wildman–Crippen LogP) is 1.41. The Labute approximate surface area is 157 Å². The molecule has 0 spiro atoms. The molecule has 1 aliphatic heterocycles. The number of aromatic nitrogens is 1. The van der Waals surface area contributed by atoms with Gasteiger partial charge in [-0.3, -0.25) is 19.4 Å². The number of piperazine rings is 1. The number of pyridine rings is 1. The Balaban J connectivity index is 1.61. The van der Waals surface area contributed by atoms with Crippen LogP contribution in [0.25, 0.3) is 0 Å². The maximum Gasteiger partial charge on any atom is 0.289 e. The van der Waals surface area contributed by atoms with Crippen molar-refractivity contribution in [2.45, 2.75) is 13.3 Å². The molecule has 1 N–H and O–H groups in total. The molecule has 3 heterocycles. The second-order valence-electron chi connectivity index (χ2n) is 6.25. The first-order valence-electron chi connectivity index (χ1n) is 8.96. The summed E-state index contributed by atoms with van der Waals surface area (Å²) in [5.74, 6) is -0.343. The topological polar surface area (TPSA) is 95.8 Å². The average Bonchev–Trinajstić information content (AvgIpc) is 3.26. The van der Waals surface area contributed by atoms with E-state index < -0.39 is 0 Å². The van der Waals surface area contributed by atoms with Crippen molar-refractivity contribution in [1.29, 1.82) is 0 Å². The third-order valence-electron chi connectivity index (χ3n) is 4.36. The highest BCUT2D eigenvalue weighted by atomic mass is 16.3. The second-order valence-corrected chi connectivity index (χ2v) is 6.25. The van der Waals surface area contributed by atoms with E-state index in [-0.39, 0.29) is 23.4 Å². The first-order chi connectivity index (χ1) is 13.1. The van der Waals surface area contributed by atoms with Crippen LogP contribution in [0, 0.1) is 0 Å². The van der Waals surface area contributed by atoms with Crippen molar-refractivity contribution in [1.82, 2.24) is 20.1 Å². The molecule has 0 atom stereocenters. The Bertz CT molecular complexity index is 811. The van der Waals surface area contributed by atoms with Gasteiger partial charge in [-0.15, -0.1) is 0 Å². The summed E-state index contributed by atoms with van der Waals surface area (Å²) in [6.07, 6.45) is 3.75. The highest BCUT2D eigenvalue weighted by Crippen LogP contribution is 2.13. The van der Waals surface area contributed by atoms with Crippen LogP contribution in [-0.2, 0) is 0 Å². The van der Waals surface area contributed by atoms with Gasteiger partial charge in [0.15, 0.2) is 5.76 Å². The van der Waals surface area contributed by atoms with Gasteiger partial charge in [-0.1, -0.05) is 6.92 Å². The van der Waals surface area contributed by atoms with E-state index in [1.807, 2.05) is 6.92 Å². The quantitative estimate of drug-likeness (QED) is 0.859. The lowest BCUT2D eigenvalue weighted by molar-refractivity contribution is 0.0518. The normalized spacial score (nSPS) is 14.1. The van der Waals surface area contributed by atoms with E-state index in [1.165, 1.54) is 18.5 Å². The Hall–Kier alpha value is -3.16. The van der Waals surface area contributed by atoms with E-state index in [2.05, 4.69) is 10.3 Å². The number of carbonyl (C=O) groups is 3. The first kappa shape index (κ1) is 18.6. The SMILES string of the molecule is CCCNC(=O)c1cc(C(=O)N2CCN(C(=O)c3ccco3)CC2)ccn1. The molecule has 3 amide bonds. The first-order valence-corrected chi connectivity index (χ1v) is 8.96. The van der Waals surface area contributed by atoms with Crippen molar-refractivity contribution in [3.05, 3.63) is 53.7 Å². The van der Waals surface area contributed by atoms with E-state index in [0.29, 0.717) is 44.0 Å². The van der Waals surface area contributed by atoms with Crippen LogP contribution in [0.2, 0.25) is 0 Å². The number of nitrogens with zero attached hydrogens (tertiary/aromatic N) is 3. The molecule has 8 heteroatoms. The van der Waals surface area contributed by atoms with Crippen LogP contribution < -0.4 is 5.32 Å². The van der Waals surface area contributed by atoms with Gasteiger partial charge in [0.1, 0.15) is 5.69 Å². The Morgan fingerprint density at radius 2 is 1.81 bits per heavy atom. The summed E-state index contributed by atoms with van der Waals surface area (Å²) in [7, 11) is 0. The molecule has 1 saturated heterocycles. The average molecular weight is 370 g/mol. The minimum absolute atomic E-state index is 0.174. The number of carbonyl (C=O) groups excluding carboxylic acids is 3. The summed E-state index contributed by atoms with van der Waals surface area (Å²) in [4.78, 5) is 44.4. The van der Waals surface area contributed by atoms with Crippen molar-refractivity contribution in [3.8, 4) is 0 Å². The van der Waals surface area contributed by atoms with Crippen molar-refractivity contribution in [2.75, 3.05) is 32.7 Å². The molecule has 1 fully saturated rings. The molecule has 0 aliphatic carbocycles. The molecule has 8 nitrogen and oxygen atoms in total. The molecular weight excluding hydrogens is 348 g/mol. The van der Waals surface area contributed by atoms with Gasteiger partial charge in [-0.05, 0) is 30.7 Å². The minimum atomic E-state index is -0.291. The fourth-order valence-corrected chi connectivity index (χ4v) is 2.87. The van der Waals surface area contributed by atoms with Crippen LogP contribution in [-0.4, -0.2) is 65.2 Å². The third-order valence-corrected chi connectivity index (χ3v) is 4.36. The van der Waals surface area contributed by atoms with Crippen LogP contribution >= 0.6 is 0 Å². The van der Waals surface area contributed by atoms with Crippen molar-refractivity contribution in [3.63, 3.8) is 0 Å². The fraction of sp³-hybridized carbons (Fsp3) is 0.368. The van der Waals surface area contributed by atoms with Crippen LogP contribution in [0.4, 0.5) is 0 Å². The number of nitrogens with one attached hydrogen (secondary N) is 1. The molecule has 0 saturated carbocycles. The molecule has 0 radical (unpaired) electrons. The van der Waals surface area contributed by atoms with Crippen LogP contribution in [0.15, 0.2) is 41.1 Å². The van der Waals surface area contributed by atoms with E-state index in [0.717, 1.165) is 6.42 Å². The smallest absolute Gasteiger partial charge is 0.289 e. The molecule has 0 aromatic carbocycles. The summed E-state index contributed by atoms with van der Waals surface area (Å²) in [6, 6.07) is 6.40. The highest BCUT2D eigenvalue weighted by Gasteiger charge is 2.27. The Morgan fingerprint density at radius 3 is 2.44 bits per heavy atom. The van der Waals surface area contributed by atoms with Gasteiger partial charge in [-0.2, -0.15) is 0 Å². The van der Waals surface area contributed by atoms with E-state index in [1.54, 1.807) is 28.0 Å². The molecule has 0 unspecified atom stereocenters. The van der Waals surface area contributed by atoms with E-state index in [9.17, 15) is 14.4 Å². The van der Waals surface area contributed by atoms with Gasteiger partial charge < -0.3 is 19.5 Å².